The topological polar surface area (TPSA) is 101 Å². The highest BCUT2D eigenvalue weighted by atomic mass is 32.1. The lowest BCUT2D eigenvalue weighted by atomic mass is 9.84. The average molecular weight is 532 g/mol. The molecule has 1 N–H and O–H groups in total. The van der Waals surface area contributed by atoms with Gasteiger partial charge in [-0.05, 0) is 44.2 Å². The number of halogens is 2. The summed E-state index contributed by atoms with van der Waals surface area (Å²) < 4.78 is 34.4. The van der Waals surface area contributed by atoms with Gasteiger partial charge in [0.2, 0.25) is 5.43 Å². The molecule has 1 aliphatic carbocycles. The molecule has 5 rings (SSSR count). The van der Waals surface area contributed by atoms with Crippen LogP contribution in [0.3, 0.4) is 0 Å². The number of benzene rings is 1. The zero-order valence-electron chi connectivity index (χ0n) is 20.7. The molecule has 3 aromatic rings. The molecular weight excluding hydrogens is 504 g/mol. The monoisotopic (exact) mass is 531 g/mol. The number of pyridine rings is 1. The maximum atomic E-state index is 14.1. The standard InChI is InChI=1S/C25H27F2N5O4S/c1-4-31-24(35)20-22(34)21(33)17(13-32(20)30(2)25(31)9-7-16(36-3)8-10-25)23-29-28-19(37-23)11-14-5-6-15(26)12-18(14)27/h5-6,12-13,16,34H,4,7-11H2,1-3H3. The van der Waals surface area contributed by atoms with Gasteiger partial charge in [0.25, 0.3) is 5.91 Å². The first-order valence-corrected chi connectivity index (χ1v) is 12.9. The van der Waals surface area contributed by atoms with Crippen LogP contribution in [0.25, 0.3) is 10.6 Å². The molecule has 2 aliphatic rings. The summed E-state index contributed by atoms with van der Waals surface area (Å²) in [5, 5.41) is 21.6. The van der Waals surface area contributed by atoms with Gasteiger partial charge in [-0.1, -0.05) is 17.4 Å². The highest BCUT2D eigenvalue weighted by Gasteiger charge is 2.51. The van der Waals surface area contributed by atoms with Crippen molar-refractivity contribution < 1.29 is 23.4 Å². The number of methoxy groups -OCH3 is 1. The van der Waals surface area contributed by atoms with Crippen molar-refractivity contribution in [2.24, 2.45) is 0 Å². The summed E-state index contributed by atoms with van der Waals surface area (Å²) >= 11 is 1.07. The first-order valence-electron chi connectivity index (χ1n) is 12.0. The van der Waals surface area contributed by atoms with Crippen LogP contribution >= 0.6 is 11.3 Å². The van der Waals surface area contributed by atoms with Crippen LogP contribution in [0, 0.1) is 11.6 Å². The van der Waals surface area contributed by atoms with Crippen molar-refractivity contribution in [3.8, 4) is 16.3 Å². The SMILES string of the molecule is CCN1C(=O)c2c(O)c(=O)c(-c3nnc(Cc4ccc(F)cc4F)s3)cn2N(C)C12CCC(OC)CC2. The van der Waals surface area contributed by atoms with Crippen LogP contribution in [0.15, 0.2) is 29.2 Å². The molecule has 0 radical (unpaired) electrons. The average Bonchev–Trinajstić information content (AvgIpc) is 3.35. The van der Waals surface area contributed by atoms with E-state index in [1.54, 1.807) is 12.0 Å². The molecule has 12 heteroatoms. The number of rotatable bonds is 5. The predicted octanol–water partition coefficient (Wildman–Crippen LogP) is 3.27. The number of hydrogen-bond acceptors (Lipinski definition) is 8. The predicted molar refractivity (Wildman–Crippen MR) is 133 cm³/mol. The lowest BCUT2D eigenvalue weighted by molar-refractivity contribution is -0.0203. The normalized spacial score (nSPS) is 21.5. The van der Waals surface area contributed by atoms with E-state index in [1.807, 2.05) is 19.0 Å². The van der Waals surface area contributed by atoms with E-state index < -0.39 is 34.4 Å². The third-order valence-corrected chi connectivity index (χ3v) is 8.43. The fraction of sp³-hybridized carbons (Fsp3) is 0.440. The van der Waals surface area contributed by atoms with Gasteiger partial charge in [0.1, 0.15) is 22.3 Å². The molecule has 37 heavy (non-hydrogen) atoms. The second-order valence-corrected chi connectivity index (χ2v) is 10.4. The summed E-state index contributed by atoms with van der Waals surface area (Å²) in [6.45, 7) is 2.29. The summed E-state index contributed by atoms with van der Waals surface area (Å²) in [5.41, 5.74) is -1.16. The molecule has 3 heterocycles. The molecule has 1 spiro atoms. The lowest BCUT2D eigenvalue weighted by Gasteiger charge is -2.56. The van der Waals surface area contributed by atoms with Crippen LogP contribution in [0.5, 0.6) is 5.75 Å². The number of carbonyl (C=O) groups excluding carboxylic acids is 1. The Kier molecular flexibility index (Phi) is 6.48. The van der Waals surface area contributed by atoms with Crippen molar-refractivity contribution >= 4 is 17.2 Å². The fourth-order valence-corrected chi connectivity index (χ4v) is 6.32. The Bertz CT molecular complexity index is 1420. The summed E-state index contributed by atoms with van der Waals surface area (Å²) in [6, 6.07) is 3.30. The van der Waals surface area contributed by atoms with E-state index in [4.69, 9.17) is 4.74 Å². The molecule has 1 saturated carbocycles. The van der Waals surface area contributed by atoms with Crippen molar-refractivity contribution in [2.45, 2.75) is 50.8 Å². The van der Waals surface area contributed by atoms with Crippen LogP contribution in [0.4, 0.5) is 8.78 Å². The van der Waals surface area contributed by atoms with Crippen LogP contribution in [0.2, 0.25) is 0 Å². The first kappa shape index (κ1) is 25.3. The lowest BCUT2D eigenvalue weighted by Crippen LogP contribution is -2.70. The van der Waals surface area contributed by atoms with Crippen molar-refractivity contribution in [3.05, 3.63) is 62.5 Å². The van der Waals surface area contributed by atoms with E-state index in [0.29, 0.717) is 24.4 Å². The van der Waals surface area contributed by atoms with E-state index >= 15 is 0 Å². The molecule has 1 aliphatic heterocycles. The van der Waals surface area contributed by atoms with Crippen LogP contribution in [-0.2, 0) is 11.2 Å². The number of aromatic hydroxyl groups is 1. The Hall–Kier alpha value is -3.38. The molecule has 9 nitrogen and oxygen atoms in total. The van der Waals surface area contributed by atoms with Crippen molar-refractivity contribution in [1.82, 2.24) is 19.8 Å². The van der Waals surface area contributed by atoms with E-state index in [9.17, 15) is 23.5 Å². The minimum Gasteiger partial charge on any atom is -0.502 e. The molecule has 0 unspecified atom stereocenters. The van der Waals surface area contributed by atoms with Crippen molar-refractivity contribution in [3.63, 3.8) is 0 Å². The molecule has 2 aromatic heterocycles. The zero-order valence-corrected chi connectivity index (χ0v) is 21.5. The summed E-state index contributed by atoms with van der Waals surface area (Å²) in [7, 11) is 3.52. The smallest absolute Gasteiger partial charge is 0.278 e. The van der Waals surface area contributed by atoms with Crippen LogP contribution in [0.1, 0.15) is 53.7 Å². The van der Waals surface area contributed by atoms with Gasteiger partial charge < -0.3 is 14.7 Å². The Morgan fingerprint density at radius 1 is 1.22 bits per heavy atom. The molecule has 196 valence electrons. The third-order valence-electron chi connectivity index (χ3n) is 7.48. The molecule has 0 atom stereocenters. The minimum atomic E-state index is -0.737. The molecular formula is C25H27F2N5O4S. The van der Waals surface area contributed by atoms with Crippen LogP contribution in [-0.4, -0.2) is 63.3 Å². The van der Waals surface area contributed by atoms with Gasteiger partial charge in [0.15, 0.2) is 16.5 Å². The summed E-state index contributed by atoms with van der Waals surface area (Å²) in [5.74, 6) is -2.44. The van der Waals surface area contributed by atoms with Gasteiger partial charge >= 0.3 is 0 Å². The minimum absolute atomic E-state index is 0.0651. The van der Waals surface area contributed by atoms with Crippen molar-refractivity contribution in [1.29, 1.82) is 0 Å². The molecule has 1 fully saturated rings. The Labute approximate surface area is 215 Å². The second kappa shape index (κ2) is 9.49. The molecule has 1 amide bonds. The number of carbonyl (C=O) groups is 1. The molecule has 1 aromatic carbocycles. The van der Waals surface area contributed by atoms with Crippen molar-refractivity contribution in [2.75, 3.05) is 25.7 Å². The van der Waals surface area contributed by atoms with E-state index in [1.165, 1.54) is 16.9 Å². The largest absolute Gasteiger partial charge is 0.502 e. The number of nitrogens with zero attached hydrogens (tertiary/aromatic N) is 5. The molecule has 0 saturated heterocycles. The van der Waals surface area contributed by atoms with Gasteiger partial charge in [-0.25, -0.2) is 8.78 Å². The number of fused-ring (bicyclic) bond motifs is 1. The second-order valence-electron chi connectivity index (χ2n) is 9.32. The van der Waals surface area contributed by atoms with E-state index in [2.05, 4.69) is 10.2 Å². The first-order chi connectivity index (χ1) is 17.7. The Balaban J connectivity index is 1.54. The maximum Gasteiger partial charge on any atom is 0.278 e. The highest BCUT2D eigenvalue weighted by molar-refractivity contribution is 7.14. The quantitative estimate of drug-likeness (QED) is 0.539. The third kappa shape index (κ3) is 4.08. The maximum absolute atomic E-state index is 14.1. The zero-order chi connectivity index (χ0) is 26.5. The van der Waals surface area contributed by atoms with E-state index in [0.717, 1.165) is 36.3 Å². The Morgan fingerprint density at radius 2 is 1.95 bits per heavy atom. The van der Waals surface area contributed by atoms with E-state index in [-0.39, 0.29) is 34.4 Å². The number of aromatic nitrogens is 3. The number of ether oxygens (including phenoxy) is 1. The van der Waals surface area contributed by atoms with Gasteiger partial charge in [-0.2, -0.15) is 0 Å². The Morgan fingerprint density at radius 3 is 2.59 bits per heavy atom. The van der Waals surface area contributed by atoms with Gasteiger partial charge in [0.05, 0.1) is 11.7 Å². The van der Waals surface area contributed by atoms with Gasteiger partial charge in [-0.3, -0.25) is 19.3 Å². The fourth-order valence-electron chi connectivity index (χ4n) is 5.45. The van der Waals surface area contributed by atoms with Gasteiger partial charge in [0, 0.05) is 39.4 Å². The van der Waals surface area contributed by atoms with Gasteiger partial charge in [-0.15, -0.1) is 10.2 Å². The summed E-state index contributed by atoms with van der Waals surface area (Å²) in [6.07, 6.45) is 4.53. The highest BCUT2D eigenvalue weighted by Crippen LogP contribution is 2.41. The number of amides is 1. The molecule has 0 bridgehead atoms. The number of hydrogen-bond donors (Lipinski definition) is 1. The summed E-state index contributed by atoms with van der Waals surface area (Å²) in [4.78, 5) is 28.4. The van der Waals surface area contributed by atoms with Crippen LogP contribution < -0.4 is 10.4 Å².